The molecule has 0 aromatic heterocycles. The molecule has 0 saturated carbocycles. The van der Waals surface area contributed by atoms with Gasteiger partial charge in [0.05, 0.1) is 13.7 Å². The highest BCUT2D eigenvalue weighted by molar-refractivity contribution is 5.90. The fraction of sp³-hybridized carbons (Fsp3) is 0.476. The summed E-state index contributed by atoms with van der Waals surface area (Å²) >= 11 is 0. The van der Waals surface area contributed by atoms with Gasteiger partial charge in [0, 0.05) is 26.2 Å². The molecule has 0 aliphatic carbocycles. The summed E-state index contributed by atoms with van der Waals surface area (Å²) < 4.78 is 21.4. The number of hydrogen-bond donors (Lipinski definition) is 0. The van der Waals surface area contributed by atoms with Crippen LogP contribution < -0.4 is 14.2 Å². The maximum Gasteiger partial charge on any atom is 0.331 e. The normalized spacial score (nSPS) is 12.4. The summed E-state index contributed by atoms with van der Waals surface area (Å²) in [5.41, 5.74) is 0.654. The number of ether oxygens (including phenoxy) is 4. The standard InChI is InChI=1S/C21H28N2O7/c1-5-23(6-2)18(24)13-22(3)19(25)14-30-20(26)8-7-15-11-16(27-4)21-17(12-15)28-9-10-29-21/h7-8,11-12H,5-6,9-10,13-14H2,1-4H3/b8-7+. The van der Waals surface area contributed by atoms with E-state index in [9.17, 15) is 14.4 Å². The molecule has 0 atom stereocenters. The minimum absolute atomic E-state index is 0.0646. The van der Waals surface area contributed by atoms with Crippen LogP contribution in [-0.4, -0.2) is 81.2 Å². The number of carbonyl (C=O) groups excluding carboxylic acids is 3. The van der Waals surface area contributed by atoms with E-state index < -0.39 is 18.5 Å². The minimum Gasteiger partial charge on any atom is -0.493 e. The lowest BCUT2D eigenvalue weighted by molar-refractivity contribution is -0.149. The SMILES string of the molecule is CCN(CC)C(=O)CN(C)C(=O)COC(=O)/C=C/c1cc(OC)c2c(c1)OCCO2. The third-order valence-electron chi connectivity index (χ3n) is 4.51. The number of hydrogen-bond acceptors (Lipinski definition) is 7. The smallest absolute Gasteiger partial charge is 0.331 e. The van der Waals surface area contributed by atoms with E-state index in [-0.39, 0.29) is 12.5 Å². The molecule has 2 rings (SSSR count). The van der Waals surface area contributed by atoms with Crippen molar-refractivity contribution in [2.45, 2.75) is 13.8 Å². The second kappa shape index (κ2) is 11.1. The van der Waals surface area contributed by atoms with E-state index in [1.54, 1.807) is 17.0 Å². The number of amides is 2. The highest BCUT2D eigenvalue weighted by Gasteiger charge is 2.19. The third kappa shape index (κ3) is 6.13. The Kier molecular flexibility index (Phi) is 8.52. The second-order valence-electron chi connectivity index (χ2n) is 6.50. The van der Waals surface area contributed by atoms with Gasteiger partial charge in [-0.1, -0.05) is 0 Å². The largest absolute Gasteiger partial charge is 0.493 e. The number of fused-ring (bicyclic) bond motifs is 1. The summed E-state index contributed by atoms with van der Waals surface area (Å²) in [5, 5.41) is 0. The summed E-state index contributed by atoms with van der Waals surface area (Å²) in [6, 6.07) is 3.42. The second-order valence-corrected chi connectivity index (χ2v) is 6.50. The van der Waals surface area contributed by atoms with E-state index in [0.29, 0.717) is 49.1 Å². The van der Waals surface area contributed by atoms with Gasteiger partial charge in [-0.2, -0.15) is 0 Å². The van der Waals surface area contributed by atoms with E-state index >= 15 is 0 Å². The summed E-state index contributed by atoms with van der Waals surface area (Å²) in [7, 11) is 3.01. The van der Waals surface area contributed by atoms with Gasteiger partial charge in [0.15, 0.2) is 18.1 Å². The molecule has 0 saturated heterocycles. The molecule has 9 heteroatoms. The Morgan fingerprint density at radius 1 is 1.10 bits per heavy atom. The molecule has 1 aliphatic heterocycles. The molecule has 0 spiro atoms. The van der Waals surface area contributed by atoms with E-state index in [2.05, 4.69) is 0 Å². The average molecular weight is 420 g/mol. The lowest BCUT2D eigenvalue weighted by atomic mass is 10.1. The van der Waals surface area contributed by atoms with Gasteiger partial charge in [0.2, 0.25) is 11.7 Å². The van der Waals surface area contributed by atoms with E-state index in [0.717, 1.165) is 0 Å². The number of likely N-dealkylation sites (N-methyl/N-ethyl adjacent to an activating group) is 2. The number of carbonyl (C=O) groups is 3. The molecule has 0 radical (unpaired) electrons. The van der Waals surface area contributed by atoms with Gasteiger partial charge in [-0.05, 0) is 37.6 Å². The van der Waals surface area contributed by atoms with Crippen LogP contribution in [0.15, 0.2) is 18.2 Å². The Hall–Kier alpha value is -3.23. The Balaban J connectivity index is 1.89. The topological polar surface area (TPSA) is 94.6 Å². The highest BCUT2D eigenvalue weighted by atomic mass is 16.6. The number of nitrogens with zero attached hydrogens (tertiary/aromatic N) is 2. The lowest BCUT2D eigenvalue weighted by Gasteiger charge is -2.23. The summed E-state index contributed by atoms with van der Waals surface area (Å²) in [6.07, 6.45) is 2.74. The molecule has 2 amide bonds. The Labute approximate surface area is 176 Å². The van der Waals surface area contributed by atoms with Crippen LogP contribution in [0, 0.1) is 0 Å². The fourth-order valence-corrected chi connectivity index (χ4v) is 2.81. The van der Waals surface area contributed by atoms with Crippen LogP contribution in [0.25, 0.3) is 6.08 Å². The number of esters is 1. The van der Waals surface area contributed by atoms with Crippen molar-refractivity contribution >= 4 is 23.9 Å². The summed E-state index contributed by atoms with van der Waals surface area (Å²) in [6.45, 7) is 5.24. The molecule has 0 unspecified atom stereocenters. The first-order valence-electron chi connectivity index (χ1n) is 9.73. The van der Waals surface area contributed by atoms with Crippen molar-refractivity contribution < 1.29 is 33.3 Å². The van der Waals surface area contributed by atoms with Crippen molar-refractivity contribution in [3.8, 4) is 17.2 Å². The predicted molar refractivity (Wildman–Crippen MR) is 110 cm³/mol. The molecule has 1 aromatic carbocycles. The zero-order chi connectivity index (χ0) is 22.1. The van der Waals surface area contributed by atoms with E-state index in [4.69, 9.17) is 18.9 Å². The first-order valence-corrected chi connectivity index (χ1v) is 9.73. The van der Waals surface area contributed by atoms with Crippen molar-refractivity contribution in [2.75, 3.05) is 53.6 Å². The van der Waals surface area contributed by atoms with Gasteiger partial charge in [-0.15, -0.1) is 0 Å². The van der Waals surface area contributed by atoms with Crippen LogP contribution in [0.5, 0.6) is 17.2 Å². The van der Waals surface area contributed by atoms with Crippen LogP contribution in [0.4, 0.5) is 0 Å². The number of rotatable bonds is 9. The first-order chi connectivity index (χ1) is 14.4. The van der Waals surface area contributed by atoms with Crippen LogP contribution in [0.3, 0.4) is 0 Å². The highest BCUT2D eigenvalue weighted by Crippen LogP contribution is 2.40. The molecular formula is C21H28N2O7. The molecule has 9 nitrogen and oxygen atoms in total. The molecule has 164 valence electrons. The zero-order valence-corrected chi connectivity index (χ0v) is 17.8. The van der Waals surface area contributed by atoms with Crippen molar-refractivity contribution in [1.82, 2.24) is 9.80 Å². The quantitative estimate of drug-likeness (QED) is 0.440. The molecule has 30 heavy (non-hydrogen) atoms. The molecule has 0 N–H and O–H groups in total. The van der Waals surface area contributed by atoms with Crippen molar-refractivity contribution in [2.24, 2.45) is 0 Å². The maximum absolute atomic E-state index is 12.1. The summed E-state index contributed by atoms with van der Waals surface area (Å²) in [5.74, 6) is 0.253. The molecule has 0 bridgehead atoms. The van der Waals surface area contributed by atoms with Gasteiger partial charge in [-0.25, -0.2) is 4.79 Å². The molecule has 0 fully saturated rings. The zero-order valence-electron chi connectivity index (χ0n) is 17.8. The van der Waals surface area contributed by atoms with Crippen molar-refractivity contribution in [1.29, 1.82) is 0 Å². The Morgan fingerprint density at radius 3 is 2.47 bits per heavy atom. The van der Waals surface area contributed by atoms with Gasteiger partial charge >= 0.3 is 5.97 Å². The van der Waals surface area contributed by atoms with Crippen LogP contribution in [-0.2, 0) is 19.1 Å². The van der Waals surface area contributed by atoms with Crippen LogP contribution in [0.1, 0.15) is 19.4 Å². The van der Waals surface area contributed by atoms with Gasteiger partial charge < -0.3 is 28.7 Å². The van der Waals surface area contributed by atoms with Crippen molar-refractivity contribution in [3.63, 3.8) is 0 Å². The monoisotopic (exact) mass is 420 g/mol. The predicted octanol–water partition coefficient (Wildman–Crippen LogP) is 1.35. The lowest BCUT2D eigenvalue weighted by Crippen LogP contribution is -2.42. The average Bonchev–Trinajstić information content (AvgIpc) is 2.76. The molecular weight excluding hydrogens is 392 g/mol. The van der Waals surface area contributed by atoms with Crippen LogP contribution in [0.2, 0.25) is 0 Å². The molecule has 1 heterocycles. The molecule has 1 aromatic rings. The van der Waals surface area contributed by atoms with E-state index in [1.165, 1.54) is 31.2 Å². The van der Waals surface area contributed by atoms with E-state index in [1.807, 2.05) is 13.8 Å². The first kappa shape index (κ1) is 23.1. The van der Waals surface area contributed by atoms with Gasteiger partial charge in [0.25, 0.3) is 5.91 Å². The van der Waals surface area contributed by atoms with Crippen molar-refractivity contribution in [3.05, 3.63) is 23.8 Å². The minimum atomic E-state index is -0.680. The molecule has 1 aliphatic rings. The van der Waals surface area contributed by atoms with Gasteiger partial charge in [0.1, 0.15) is 13.2 Å². The summed E-state index contributed by atoms with van der Waals surface area (Å²) in [4.78, 5) is 39.0. The van der Waals surface area contributed by atoms with Crippen LogP contribution >= 0.6 is 0 Å². The fourth-order valence-electron chi connectivity index (χ4n) is 2.81. The number of benzene rings is 1. The number of methoxy groups -OCH3 is 1. The Bertz CT molecular complexity index is 786. The van der Waals surface area contributed by atoms with Gasteiger partial charge in [-0.3, -0.25) is 9.59 Å². The Morgan fingerprint density at radius 2 is 1.80 bits per heavy atom. The maximum atomic E-state index is 12.1. The third-order valence-corrected chi connectivity index (χ3v) is 4.51.